The van der Waals surface area contributed by atoms with E-state index in [9.17, 15) is 0 Å². The molecule has 1 nitrogen and oxygen atoms in total. The van der Waals surface area contributed by atoms with Gasteiger partial charge in [-0.15, -0.1) is 11.8 Å². The molecule has 0 aliphatic carbocycles. The minimum absolute atomic E-state index is 0.134. The standard InChI is InChI=1S/C9H8Cl2OS/c10-7-2-1-6(5-8(7)11)9-12-3-4-13-9/h1-2,5,9H,3-4H2. The van der Waals surface area contributed by atoms with Gasteiger partial charge < -0.3 is 4.74 Å². The summed E-state index contributed by atoms with van der Waals surface area (Å²) in [5.41, 5.74) is 1.23. The molecule has 1 aliphatic heterocycles. The number of benzene rings is 1. The second-order valence-corrected chi connectivity index (χ2v) is 4.73. The summed E-state index contributed by atoms with van der Waals surface area (Å²) in [6.07, 6.45) is 0. The van der Waals surface area contributed by atoms with E-state index in [-0.39, 0.29) is 5.44 Å². The van der Waals surface area contributed by atoms with E-state index in [0.29, 0.717) is 10.0 Å². The van der Waals surface area contributed by atoms with Crippen LogP contribution in [0.15, 0.2) is 18.2 Å². The van der Waals surface area contributed by atoms with Crippen LogP contribution in [0.1, 0.15) is 11.0 Å². The van der Waals surface area contributed by atoms with E-state index in [2.05, 4.69) is 0 Å². The van der Waals surface area contributed by atoms with Gasteiger partial charge in [0.2, 0.25) is 0 Å². The summed E-state index contributed by atoms with van der Waals surface area (Å²) in [6.45, 7) is 0.815. The zero-order valence-electron chi connectivity index (χ0n) is 6.80. The SMILES string of the molecule is Clc1ccc(C2OCCS2)cc1Cl. The zero-order chi connectivity index (χ0) is 9.26. The van der Waals surface area contributed by atoms with Gasteiger partial charge in [0.25, 0.3) is 0 Å². The molecule has 1 fully saturated rings. The van der Waals surface area contributed by atoms with Crippen molar-refractivity contribution < 1.29 is 4.74 Å². The van der Waals surface area contributed by atoms with E-state index in [0.717, 1.165) is 17.9 Å². The Balaban J connectivity index is 2.25. The average molecular weight is 235 g/mol. The molecule has 0 aromatic heterocycles. The molecule has 1 atom stereocenters. The first-order valence-electron chi connectivity index (χ1n) is 3.95. The van der Waals surface area contributed by atoms with Crippen LogP contribution in [0.5, 0.6) is 0 Å². The van der Waals surface area contributed by atoms with Crippen molar-refractivity contribution in [3.63, 3.8) is 0 Å². The van der Waals surface area contributed by atoms with Crippen molar-refractivity contribution in [3.8, 4) is 0 Å². The molecule has 0 amide bonds. The number of hydrogen-bond donors (Lipinski definition) is 0. The van der Waals surface area contributed by atoms with Crippen molar-refractivity contribution in [2.45, 2.75) is 5.44 Å². The van der Waals surface area contributed by atoms with Gasteiger partial charge in [0, 0.05) is 5.75 Å². The molecule has 0 radical (unpaired) electrons. The topological polar surface area (TPSA) is 9.23 Å². The first-order valence-corrected chi connectivity index (χ1v) is 5.76. The fourth-order valence-electron chi connectivity index (χ4n) is 1.21. The van der Waals surface area contributed by atoms with Gasteiger partial charge in [-0.3, -0.25) is 0 Å². The van der Waals surface area contributed by atoms with E-state index < -0.39 is 0 Å². The van der Waals surface area contributed by atoms with Gasteiger partial charge in [0.1, 0.15) is 5.44 Å². The highest BCUT2D eigenvalue weighted by Crippen LogP contribution is 2.37. The van der Waals surface area contributed by atoms with E-state index in [4.69, 9.17) is 27.9 Å². The Morgan fingerprint density at radius 2 is 2.15 bits per heavy atom. The van der Waals surface area contributed by atoms with Gasteiger partial charge in [-0.25, -0.2) is 0 Å². The summed E-state index contributed by atoms with van der Waals surface area (Å²) in [6, 6.07) is 5.63. The summed E-state index contributed by atoms with van der Waals surface area (Å²) >= 11 is 13.5. The minimum atomic E-state index is 0.134. The number of rotatable bonds is 1. The molecule has 1 heterocycles. The molecule has 2 rings (SSSR count). The van der Waals surface area contributed by atoms with Crippen molar-refractivity contribution in [3.05, 3.63) is 33.8 Å². The second kappa shape index (κ2) is 4.09. The van der Waals surface area contributed by atoms with E-state index >= 15 is 0 Å². The van der Waals surface area contributed by atoms with Crippen LogP contribution in [0.3, 0.4) is 0 Å². The van der Waals surface area contributed by atoms with Gasteiger partial charge in [0.15, 0.2) is 0 Å². The summed E-state index contributed by atoms with van der Waals surface area (Å²) in [4.78, 5) is 0. The molecular weight excluding hydrogens is 227 g/mol. The zero-order valence-corrected chi connectivity index (χ0v) is 9.12. The Morgan fingerprint density at radius 1 is 1.31 bits per heavy atom. The lowest BCUT2D eigenvalue weighted by atomic mass is 10.2. The van der Waals surface area contributed by atoms with Crippen molar-refractivity contribution in [1.29, 1.82) is 0 Å². The third-order valence-corrected chi connectivity index (χ3v) is 3.69. The van der Waals surface area contributed by atoms with Gasteiger partial charge in [-0.1, -0.05) is 29.3 Å². The molecule has 0 saturated carbocycles. The van der Waals surface area contributed by atoms with Crippen LogP contribution in [0.4, 0.5) is 0 Å². The smallest absolute Gasteiger partial charge is 0.128 e. The third kappa shape index (κ3) is 2.13. The molecule has 4 heteroatoms. The lowest BCUT2D eigenvalue weighted by molar-refractivity contribution is 0.145. The highest BCUT2D eigenvalue weighted by molar-refractivity contribution is 7.99. The van der Waals surface area contributed by atoms with Crippen LogP contribution in [0.25, 0.3) is 0 Å². The summed E-state index contributed by atoms with van der Waals surface area (Å²) in [5, 5.41) is 1.18. The molecule has 1 unspecified atom stereocenters. The molecule has 1 aliphatic rings. The maximum absolute atomic E-state index is 5.90. The fraction of sp³-hybridized carbons (Fsp3) is 0.333. The molecule has 0 N–H and O–H groups in total. The van der Waals surface area contributed by atoms with Crippen LogP contribution in [0, 0.1) is 0 Å². The summed E-state index contributed by atoms with van der Waals surface area (Å²) < 4.78 is 5.50. The highest BCUT2D eigenvalue weighted by Gasteiger charge is 2.18. The lowest BCUT2D eigenvalue weighted by Crippen LogP contribution is -1.92. The number of halogens is 2. The van der Waals surface area contributed by atoms with Crippen molar-refractivity contribution in [2.75, 3.05) is 12.4 Å². The monoisotopic (exact) mass is 234 g/mol. The van der Waals surface area contributed by atoms with Crippen molar-refractivity contribution in [1.82, 2.24) is 0 Å². The molecule has 1 aromatic rings. The summed E-state index contributed by atoms with van der Waals surface area (Å²) in [7, 11) is 0. The van der Waals surface area contributed by atoms with Crippen molar-refractivity contribution in [2.24, 2.45) is 0 Å². The Bertz CT molecular complexity index is 310. The molecule has 1 aromatic carbocycles. The predicted octanol–water partition coefficient (Wildman–Crippen LogP) is 3.76. The van der Waals surface area contributed by atoms with E-state index in [1.165, 1.54) is 0 Å². The minimum Gasteiger partial charge on any atom is -0.362 e. The maximum atomic E-state index is 5.90. The lowest BCUT2D eigenvalue weighted by Gasteiger charge is -2.09. The molecule has 13 heavy (non-hydrogen) atoms. The van der Waals surface area contributed by atoms with Gasteiger partial charge in [0.05, 0.1) is 16.7 Å². The average Bonchev–Trinajstić information content (AvgIpc) is 2.62. The first-order chi connectivity index (χ1) is 6.27. The Hall–Kier alpha value is 0.110. The van der Waals surface area contributed by atoms with Crippen LogP contribution in [-0.2, 0) is 4.74 Å². The Labute approximate surface area is 91.4 Å². The van der Waals surface area contributed by atoms with Crippen LogP contribution >= 0.6 is 35.0 Å². The van der Waals surface area contributed by atoms with Crippen LogP contribution in [0.2, 0.25) is 10.0 Å². The highest BCUT2D eigenvalue weighted by atomic mass is 35.5. The van der Waals surface area contributed by atoms with Gasteiger partial charge >= 0.3 is 0 Å². The fourth-order valence-corrected chi connectivity index (χ4v) is 2.45. The normalized spacial score (nSPS) is 22.2. The molecule has 0 bridgehead atoms. The Morgan fingerprint density at radius 3 is 2.77 bits per heavy atom. The van der Waals surface area contributed by atoms with Crippen LogP contribution < -0.4 is 0 Å². The van der Waals surface area contributed by atoms with Crippen LogP contribution in [-0.4, -0.2) is 12.4 Å². The Kier molecular flexibility index (Phi) is 3.04. The first kappa shape index (κ1) is 9.66. The van der Waals surface area contributed by atoms with Gasteiger partial charge in [-0.05, 0) is 17.7 Å². The molecule has 1 saturated heterocycles. The van der Waals surface area contributed by atoms with Crippen molar-refractivity contribution >= 4 is 35.0 Å². The maximum Gasteiger partial charge on any atom is 0.128 e. The number of ether oxygens (including phenoxy) is 1. The summed E-state index contributed by atoms with van der Waals surface area (Å²) in [5.74, 6) is 1.05. The molecule has 70 valence electrons. The van der Waals surface area contributed by atoms with E-state index in [1.54, 1.807) is 11.8 Å². The number of hydrogen-bond acceptors (Lipinski definition) is 2. The molecule has 0 spiro atoms. The second-order valence-electron chi connectivity index (χ2n) is 2.75. The molecular formula is C9H8Cl2OS. The third-order valence-electron chi connectivity index (χ3n) is 1.84. The van der Waals surface area contributed by atoms with Gasteiger partial charge in [-0.2, -0.15) is 0 Å². The quantitative estimate of drug-likeness (QED) is 0.732. The van der Waals surface area contributed by atoms with E-state index in [1.807, 2.05) is 18.2 Å². The largest absolute Gasteiger partial charge is 0.362 e. The predicted molar refractivity (Wildman–Crippen MR) is 57.6 cm³/mol. The number of thioether (sulfide) groups is 1.